The number of ketones is 1. The number of aryl methyl sites for hydroxylation is 1. The third-order valence-corrected chi connectivity index (χ3v) is 7.46. The van der Waals surface area contributed by atoms with Gasteiger partial charge in [-0.05, 0) is 38.5 Å². The molecule has 33 heavy (non-hydrogen) atoms. The molecule has 0 radical (unpaired) electrons. The Bertz CT molecular complexity index is 987. The second kappa shape index (κ2) is 10.7. The van der Waals surface area contributed by atoms with Crippen LogP contribution in [0.25, 0.3) is 0 Å². The van der Waals surface area contributed by atoms with Crippen molar-refractivity contribution in [1.29, 1.82) is 0 Å². The molecule has 0 spiro atoms. The molecule has 0 aliphatic carbocycles. The van der Waals surface area contributed by atoms with Crippen molar-refractivity contribution in [3.05, 3.63) is 70.2 Å². The molecular formula is C25H27ClO6S. The molecule has 1 fully saturated rings. The van der Waals surface area contributed by atoms with Crippen LogP contribution in [0, 0.1) is 18.3 Å². The summed E-state index contributed by atoms with van der Waals surface area (Å²) >= 11 is 7.37. The third kappa shape index (κ3) is 4.81. The van der Waals surface area contributed by atoms with E-state index in [1.807, 2.05) is 6.92 Å². The Balaban J connectivity index is 2.26. The smallest absolute Gasteiger partial charge is 0.327 e. The first kappa shape index (κ1) is 25.3. The zero-order valence-electron chi connectivity index (χ0n) is 18.7. The van der Waals surface area contributed by atoms with Gasteiger partial charge in [0.2, 0.25) is 5.41 Å². The largest absolute Gasteiger partial charge is 0.465 e. The van der Waals surface area contributed by atoms with Crippen molar-refractivity contribution in [3.8, 4) is 0 Å². The summed E-state index contributed by atoms with van der Waals surface area (Å²) in [6.07, 6.45) is -1.47. The number of benzene rings is 2. The zero-order valence-corrected chi connectivity index (χ0v) is 20.3. The summed E-state index contributed by atoms with van der Waals surface area (Å²) in [5.74, 6) is -3.57. The van der Waals surface area contributed by atoms with E-state index in [2.05, 4.69) is 0 Å². The second-order valence-electron chi connectivity index (χ2n) is 7.84. The normalized spacial score (nSPS) is 21.8. The van der Waals surface area contributed by atoms with E-state index >= 15 is 0 Å². The SMILES string of the molecule is CCOC(=O)C1(C(=O)OCC)C(O)CS[C@@H](c2ccc(Cl)cc2)[C@H]1C(=O)c1ccc(C)cc1. The Labute approximate surface area is 202 Å². The summed E-state index contributed by atoms with van der Waals surface area (Å²) in [4.78, 5) is 40.8. The van der Waals surface area contributed by atoms with Gasteiger partial charge in [-0.25, -0.2) is 0 Å². The van der Waals surface area contributed by atoms with Crippen LogP contribution in [0.3, 0.4) is 0 Å². The maximum atomic E-state index is 14.0. The quantitative estimate of drug-likeness (QED) is 0.349. The van der Waals surface area contributed by atoms with Crippen molar-refractivity contribution in [3.63, 3.8) is 0 Å². The van der Waals surface area contributed by atoms with Gasteiger partial charge in [0.1, 0.15) is 0 Å². The summed E-state index contributed by atoms with van der Waals surface area (Å²) in [5.41, 5.74) is -0.207. The van der Waals surface area contributed by atoms with Gasteiger partial charge >= 0.3 is 11.9 Å². The predicted octanol–water partition coefficient (Wildman–Crippen LogP) is 4.41. The molecule has 2 aromatic rings. The molecule has 1 N–H and O–H groups in total. The van der Waals surface area contributed by atoms with Crippen LogP contribution >= 0.6 is 23.4 Å². The lowest BCUT2D eigenvalue weighted by atomic mass is 9.65. The van der Waals surface area contributed by atoms with Crippen LogP contribution in [-0.4, -0.2) is 47.9 Å². The number of esters is 2. The van der Waals surface area contributed by atoms with Crippen molar-refractivity contribution in [2.45, 2.75) is 32.1 Å². The van der Waals surface area contributed by atoms with Crippen LogP contribution in [0.15, 0.2) is 48.5 Å². The van der Waals surface area contributed by atoms with Crippen molar-refractivity contribution < 1.29 is 29.0 Å². The minimum absolute atomic E-state index is 0.0170. The third-order valence-electron chi connectivity index (χ3n) is 5.80. The van der Waals surface area contributed by atoms with Crippen molar-refractivity contribution in [2.24, 2.45) is 11.3 Å². The van der Waals surface area contributed by atoms with E-state index in [9.17, 15) is 19.5 Å². The second-order valence-corrected chi connectivity index (χ2v) is 9.45. The number of thioether (sulfide) groups is 1. The van der Waals surface area contributed by atoms with Crippen molar-refractivity contribution in [1.82, 2.24) is 0 Å². The van der Waals surface area contributed by atoms with E-state index in [1.54, 1.807) is 62.4 Å². The Morgan fingerprint density at radius 3 is 2.06 bits per heavy atom. The van der Waals surface area contributed by atoms with Crippen LogP contribution in [0.4, 0.5) is 0 Å². The molecular weight excluding hydrogens is 464 g/mol. The van der Waals surface area contributed by atoms with E-state index in [-0.39, 0.29) is 19.0 Å². The molecule has 1 heterocycles. The Kier molecular flexibility index (Phi) is 8.21. The van der Waals surface area contributed by atoms with Crippen molar-refractivity contribution in [2.75, 3.05) is 19.0 Å². The number of aliphatic hydroxyl groups excluding tert-OH is 1. The van der Waals surface area contributed by atoms with Crippen LogP contribution in [0.2, 0.25) is 5.02 Å². The van der Waals surface area contributed by atoms with Gasteiger partial charge in [-0.1, -0.05) is 53.6 Å². The highest BCUT2D eigenvalue weighted by atomic mass is 35.5. The van der Waals surface area contributed by atoms with Crippen molar-refractivity contribution >= 4 is 41.1 Å². The first-order valence-corrected chi connectivity index (χ1v) is 12.2. The molecule has 3 atom stereocenters. The summed E-state index contributed by atoms with van der Waals surface area (Å²) in [7, 11) is 0. The summed E-state index contributed by atoms with van der Waals surface area (Å²) < 4.78 is 10.6. The summed E-state index contributed by atoms with van der Waals surface area (Å²) in [6, 6.07) is 13.8. The lowest BCUT2D eigenvalue weighted by molar-refractivity contribution is -0.185. The van der Waals surface area contributed by atoms with Gasteiger partial charge in [0, 0.05) is 21.6 Å². The van der Waals surface area contributed by atoms with E-state index in [0.717, 1.165) is 5.56 Å². The number of Topliss-reactive ketones (excluding diaryl/α,β-unsaturated/α-hetero) is 1. The van der Waals surface area contributed by atoms with Crippen LogP contribution in [0.1, 0.15) is 40.6 Å². The fourth-order valence-electron chi connectivity index (χ4n) is 4.16. The molecule has 2 aromatic carbocycles. The number of carbonyl (C=O) groups is 3. The molecule has 1 unspecified atom stereocenters. The minimum Gasteiger partial charge on any atom is -0.465 e. The van der Waals surface area contributed by atoms with Crippen LogP contribution in [-0.2, 0) is 19.1 Å². The highest BCUT2D eigenvalue weighted by Crippen LogP contribution is 2.54. The maximum Gasteiger partial charge on any atom is 0.327 e. The topological polar surface area (TPSA) is 89.9 Å². The molecule has 3 rings (SSSR count). The first-order valence-electron chi connectivity index (χ1n) is 10.8. The molecule has 176 valence electrons. The molecule has 0 amide bonds. The highest BCUT2D eigenvalue weighted by molar-refractivity contribution is 7.99. The van der Waals surface area contributed by atoms with E-state index in [1.165, 1.54) is 11.8 Å². The van der Waals surface area contributed by atoms with E-state index < -0.39 is 40.4 Å². The fraction of sp³-hybridized carbons (Fsp3) is 0.400. The predicted molar refractivity (Wildman–Crippen MR) is 127 cm³/mol. The van der Waals surface area contributed by atoms with Gasteiger partial charge in [-0.2, -0.15) is 11.8 Å². The maximum absolute atomic E-state index is 14.0. The van der Waals surface area contributed by atoms with Gasteiger partial charge in [0.25, 0.3) is 0 Å². The number of hydrogen-bond donors (Lipinski definition) is 1. The molecule has 1 aliphatic rings. The summed E-state index contributed by atoms with van der Waals surface area (Å²) in [5, 5.41) is 11.0. The van der Waals surface area contributed by atoms with Gasteiger partial charge in [-0.15, -0.1) is 0 Å². The highest BCUT2D eigenvalue weighted by Gasteiger charge is 2.66. The molecule has 1 saturated heterocycles. The Hall–Kier alpha value is -2.35. The lowest BCUT2D eigenvalue weighted by Gasteiger charge is -2.46. The molecule has 1 aliphatic heterocycles. The van der Waals surface area contributed by atoms with E-state index in [0.29, 0.717) is 16.1 Å². The molecule has 0 aromatic heterocycles. The summed E-state index contributed by atoms with van der Waals surface area (Å²) in [6.45, 7) is 5.07. The van der Waals surface area contributed by atoms with E-state index in [4.69, 9.17) is 21.1 Å². The average molecular weight is 491 g/mol. The van der Waals surface area contributed by atoms with Gasteiger partial charge in [0.15, 0.2) is 5.78 Å². The van der Waals surface area contributed by atoms with Gasteiger partial charge < -0.3 is 14.6 Å². The molecule has 6 nitrogen and oxygen atoms in total. The monoisotopic (exact) mass is 490 g/mol. The standard InChI is InChI=1S/C25H27ClO6S/c1-4-31-23(29)25(24(30)32-5-2)19(27)14-33-22(17-10-12-18(26)13-11-17)20(25)21(28)16-8-6-15(3)7-9-16/h6-13,19-20,22,27H,4-5,14H2,1-3H3/t19?,20-,22+/m1/s1. The number of halogens is 1. The molecule has 0 saturated carbocycles. The fourth-order valence-corrected chi connectivity index (χ4v) is 5.82. The van der Waals surface area contributed by atoms with Crippen LogP contribution in [0.5, 0.6) is 0 Å². The molecule has 8 heteroatoms. The first-order chi connectivity index (χ1) is 15.8. The van der Waals surface area contributed by atoms with Gasteiger partial charge in [0.05, 0.1) is 25.2 Å². The number of rotatable bonds is 7. The lowest BCUT2D eigenvalue weighted by Crippen LogP contribution is -2.61. The number of carbonyl (C=O) groups excluding carboxylic acids is 3. The number of aliphatic hydroxyl groups is 1. The molecule has 0 bridgehead atoms. The minimum atomic E-state index is -2.20. The Morgan fingerprint density at radius 1 is 1.00 bits per heavy atom. The van der Waals surface area contributed by atoms with Crippen LogP contribution < -0.4 is 0 Å². The zero-order chi connectivity index (χ0) is 24.2. The van der Waals surface area contributed by atoms with Gasteiger partial charge in [-0.3, -0.25) is 14.4 Å². The Morgan fingerprint density at radius 2 is 1.55 bits per heavy atom. The average Bonchev–Trinajstić information content (AvgIpc) is 2.80. The number of hydrogen-bond acceptors (Lipinski definition) is 7. The number of ether oxygens (including phenoxy) is 2.